The summed E-state index contributed by atoms with van der Waals surface area (Å²) in [4.78, 5) is 2.45. The van der Waals surface area contributed by atoms with E-state index in [1.807, 2.05) is 0 Å². The standard InChI is InChI=1S/C14H30N2/c1-4-5-11-16(3)12-10-15-14-9-7-6-8-13(14)2/h13-15H,4-12H2,1-3H3. The van der Waals surface area contributed by atoms with Gasteiger partial charge in [-0.25, -0.2) is 0 Å². The lowest BCUT2D eigenvalue weighted by Gasteiger charge is -2.30. The van der Waals surface area contributed by atoms with Gasteiger partial charge in [-0.1, -0.05) is 33.1 Å². The molecule has 96 valence electrons. The van der Waals surface area contributed by atoms with Gasteiger partial charge in [0.25, 0.3) is 0 Å². The molecule has 0 heterocycles. The van der Waals surface area contributed by atoms with Gasteiger partial charge in [0.05, 0.1) is 0 Å². The Morgan fingerprint density at radius 1 is 1.19 bits per heavy atom. The Balaban J connectivity index is 2.05. The molecule has 1 N–H and O–H groups in total. The molecular formula is C14H30N2. The first-order valence-electron chi connectivity index (χ1n) is 7.16. The van der Waals surface area contributed by atoms with Crippen LogP contribution in [0.15, 0.2) is 0 Å². The molecule has 0 spiro atoms. The van der Waals surface area contributed by atoms with Crippen molar-refractivity contribution in [3.8, 4) is 0 Å². The second kappa shape index (κ2) is 8.08. The van der Waals surface area contributed by atoms with Crippen LogP contribution in [0.2, 0.25) is 0 Å². The van der Waals surface area contributed by atoms with Crippen molar-refractivity contribution in [3.05, 3.63) is 0 Å². The maximum atomic E-state index is 3.74. The lowest BCUT2D eigenvalue weighted by Crippen LogP contribution is -2.41. The van der Waals surface area contributed by atoms with Crippen LogP contribution in [0.4, 0.5) is 0 Å². The molecule has 0 saturated heterocycles. The highest BCUT2D eigenvalue weighted by molar-refractivity contribution is 4.78. The smallest absolute Gasteiger partial charge is 0.0104 e. The maximum Gasteiger partial charge on any atom is 0.0104 e. The molecule has 2 nitrogen and oxygen atoms in total. The van der Waals surface area contributed by atoms with Gasteiger partial charge in [0.15, 0.2) is 0 Å². The Morgan fingerprint density at radius 2 is 1.94 bits per heavy atom. The first-order valence-corrected chi connectivity index (χ1v) is 7.16. The quantitative estimate of drug-likeness (QED) is 0.718. The van der Waals surface area contributed by atoms with Crippen LogP contribution in [0.5, 0.6) is 0 Å². The molecule has 2 unspecified atom stereocenters. The fraction of sp³-hybridized carbons (Fsp3) is 1.00. The summed E-state index contributed by atoms with van der Waals surface area (Å²) in [6.45, 7) is 8.27. The fourth-order valence-corrected chi connectivity index (χ4v) is 2.60. The van der Waals surface area contributed by atoms with E-state index in [9.17, 15) is 0 Å². The van der Waals surface area contributed by atoms with Crippen molar-refractivity contribution in [2.45, 2.75) is 58.4 Å². The van der Waals surface area contributed by atoms with E-state index >= 15 is 0 Å². The van der Waals surface area contributed by atoms with Crippen molar-refractivity contribution in [2.24, 2.45) is 5.92 Å². The van der Waals surface area contributed by atoms with Crippen LogP contribution in [-0.2, 0) is 0 Å². The lowest BCUT2D eigenvalue weighted by molar-refractivity contribution is 0.259. The number of rotatable bonds is 7. The van der Waals surface area contributed by atoms with E-state index in [0.29, 0.717) is 0 Å². The lowest BCUT2D eigenvalue weighted by atomic mass is 9.86. The molecule has 1 saturated carbocycles. The normalized spacial score (nSPS) is 26.2. The topological polar surface area (TPSA) is 15.3 Å². The van der Waals surface area contributed by atoms with Gasteiger partial charge in [0, 0.05) is 19.1 Å². The van der Waals surface area contributed by atoms with E-state index in [0.717, 1.165) is 18.5 Å². The van der Waals surface area contributed by atoms with Crippen LogP contribution in [0.25, 0.3) is 0 Å². The highest BCUT2D eigenvalue weighted by Crippen LogP contribution is 2.23. The van der Waals surface area contributed by atoms with Crippen LogP contribution in [-0.4, -0.2) is 37.6 Å². The molecule has 1 aliphatic carbocycles. The Morgan fingerprint density at radius 3 is 2.62 bits per heavy atom. The zero-order valence-corrected chi connectivity index (χ0v) is 11.5. The van der Waals surface area contributed by atoms with Gasteiger partial charge in [-0.2, -0.15) is 0 Å². The molecule has 0 bridgehead atoms. The number of likely N-dealkylation sites (N-methyl/N-ethyl adjacent to an activating group) is 1. The molecule has 0 aromatic carbocycles. The van der Waals surface area contributed by atoms with Crippen molar-refractivity contribution in [1.82, 2.24) is 10.2 Å². The van der Waals surface area contributed by atoms with Crippen LogP contribution in [0.1, 0.15) is 52.4 Å². The Kier molecular flexibility index (Phi) is 7.06. The molecule has 2 heteroatoms. The van der Waals surface area contributed by atoms with Crippen LogP contribution in [0, 0.1) is 5.92 Å². The predicted molar refractivity (Wildman–Crippen MR) is 71.8 cm³/mol. The molecule has 16 heavy (non-hydrogen) atoms. The van der Waals surface area contributed by atoms with Crippen LogP contribution < -0.4 is 5.32 Å². The summed E-state index contributed by atoms with van der Waals surface area (Å²) in [6, 6.07) is 0.785. The third-order valence-corrected chi connectivity index (χ3v) is 3.90. The summed E-state index contributed by atoms with van der Waals surface area (Å²) < 4.78 is 0. The number of nitrogens with one attached hydrogen (secondary N) is 1. The molecule has 1 fully saturated rings. The van der Waals surface area contributed by atoms with Crippen molar-refractivity contribution in [1.29, 1.82) is 0 Å². The van der Waals surface area contributed by atoms with Crippen LogP contribution >= 0.6 is 0 Å². The number of hydrogen-bond donors (Lipinski definition) is 1. The highest BCUT2D eigenvalue weighted by atomic mass is 15.1. The second-order valence-electron chi connectivity index (χ2n) is 5.48. The minimum atomic E-state index is 0.785. The Labute approximate surface area is 102 Å². The average molecular weight is 226 g/mol. The van der Waals surface area contributed by atoms with E-state index in [-0.39, 0.29) is 0 Å². The third-order valence-electron chi connectivity index (χ3n) is 3.90. The minimum Gasteiger partial charge on any atom is -0.312 e. The predicted octanol–water partition coefficient (Wildman–Crippen LogP) is 2.89. The summed E-state index contributed by atoms with van der Waals surface area (Å²) in [5.41, 5.74) is 0. The summed E-state index contributed by atoms with van der Waals surface area (Å²) in [5, 5.41) is 3.74. The van der Waals surface area contributed by atoms with E-state index in [1.165, 1.54) is 51.6 Å². The van der Waals surface area contributed by atoms with E-state index in [4.69, 9.17) is 0 Å². The Hall–Kier alpha value is -0.0800. The first-order chi connectivity index (χ1) is 7.74. The van der Waals surface area contributed by atoms with Gasteiger partial charge in [-0.15, -0.1) is 0 Å². The summed E-state index contributed by atoms with van der Waals surface area (Å²) in [7, 11) is 2.24. The summed E-state index contributed by atoms with van der Waals surface area (Å²) in [5.74, 6) is 0.884. The van der Waals surface area contributed by atoms with Crippen molar-refractivity contribution < 1.29 is 0 Å². The average Bonchev–Trinajstić information content (AvgIpc) is 2.29. The highest BCUT2D eigenvalue weighted by Gasteiger charge is 2.20. The molecule has 0 radical (unpaired) electrons. The molecular weight excluding hydrogens is 196 g/mol. The molecule has 0 aromatic rings. The summed E-state index contributed by atoms with van der Waals surface area (Å²) >= 11 is 0. The molecule has 0 aromatic heterocycles. The van der Waals surface area contributed by atoms with Gasteiger partial charge in [0.2, 0.25) is 0 Å². The molecule has 1 aliphatic rings. The number of nitrogens with zero attached hydrogens (tertiary/aromatic N) is 1. The van der Waals surface area contributed by atoms with Crippen molar-refractivity contribution in [2.75, 3.05) is 26.7 Å². The van der Waals surface area contributed by atoms with Gasteiger partial charge in [-0.05, 0) is 38.8 Å². The van der Waals surface area contributed by atoms with E-state index < -0.39 is 0 Å². The summed E-state index contributed by atoms with van der Waals surface area (Å²) in [6.07, 6.45) is 8.31. The molecule has 2 atom stereocenters. The van der Waals surface area contributed by atoms with Crippen molar-refractivity contribution in [3.63, 3.8) is 0 Å². The SMILES string of the molecule is CCCCN(C)CCNC1CCCCC1C. The zero-order valence-electron chi connectivity index (χ0n) is 11.5. The van der Waals surface area contributed by atoms with Crippen molar-refractivity contribution >= 4 is 0 Å². The largest absolute Gasteiger partial charge is 0.312 e. The van der Waals surface area contributed by atoms with Gasteiger partial charge in [0.1, 0.15) is 0 Å². The number of unbranched alkanes of at least 4 members (excludes halogenated alkanes) is 1. The monoisotopic (exact) mass is 226 g/mol. The molecule has 1 rings (SSSR count). The second-order valence-corrected chi connectivity index (χ2v) is 5.48. The van der Waals surface area contributed by atoms with Gasteiger partial charge < -0.3 is 10.2 Å². The Bertz CT molecular complexity index is 170. The molecule has 0 aliphatic heterocycles. The number of hydrogen-bond acceptors (Lipinski definition) is 2. The van der Waals surface area contributed by atoms with Gasteiger partial charge >= 0.3 is 0 Å². The van der Waals surface area contributed by atoms with E-state index in [2.05, 4.69) is 31.1 Å². The fourth-order valence-electron chi connectivity index (χ4n) is 2.60. The molecule has 0 amide bonds. The van der Waals surface area contributed by atoms with Gasteiger partial charge in [-0.3, -0.25) is 0 Å². The van der Waals surface area contributed by atoms with E-state index in [1.54, 1.807) is 0 Å². The van der Waals surface area contributed by atoms with Crippen LogP contribution in [0.3, 0.4) is 0 Å². The minimum absolute atomic E-state index is 0.785. The maximum absolute atomic E-state index is 3.74. The third kappa shape index (κ3) is 5.31. The zero-order chi connectivity index (χ0) is 11.8. The first kappa shape index (κ1) is 14.0.